The first-order valence-electron chi connectivity index (χ1n) is 7.42. The van der Waals surface area contributed by atoms with E-state index in [1.54, 1.807) is 6.92 Å². The van der Waals surface area contributed by atoms with Crippen molar-refractivity contribution in [1.29, 1.82) is 0 Å². The summed E-state index contributed by atoms with van der Waals surface area (Å²) in [7, 11) is 0. The third-order valence-corrected chi connectivity index (χ3v) is 4.23. The average molecular weight is 287 g/mol. The molecule has 1 N–H and O–H groups in total. The van der Waals surface area contributed by atoms with Crippen LogP contribution in [0.1, 0.15) is 36.1 Å². The molecule has 1 nitrogen and oxygen atoms in total. The van der Waals surface area contributed by atoms with Crippen LogP contribution in [-0.4, -0.2) is 6.54 Å². The Kier molecular flexibility index (Phi) is 3.77. The fraction of sp³-hybridized carbons (Fsp3) is 0.333. The Hall–Kier alpha value is -1.74. The van der Waals surface area contributed by atoms with Gasteiger partial charge in [-0.3, -0.25) is 0 Å². The number of hydrogen-bond acceptors (Lipinski definition) is 1. The van der Waals surface area contributed by atoms with E-state index in [-0.39, 0.29) is 11.6 Å². The first-order valence-corrected chi connectivity index (χ1v) is 7.42. The molecule has 0 saturated heterocycles. The van der Waals surface area contributed by atoms with Gasteiger partial charge in [0.15, 0.2) is 0 Å². The number of rotatable bonds is 3. The lowest BCUT2D eigenvalue weighted by atomic mass is 9.98. The Morgan fingerprint density at radius 1 is 1.14 bits per heavy atom. The second kappa shape index (κ2) is 5.57. The summed E-state index contributed by atoms with van der Waals surface area (Å²) in [6.45, 7) is 4.60. The molecule has 0 aliphatic heterocycles. The second-order valence-electron chi connectivity index (χ2n) is 5.64. The highest BCUT2D eigenvalue weighted by molar-refractivity contribution is 5.66. The molecule has 110 valence electrons. The molecule has 0 amide bonds. The summed E-state index contributed by atoms with van der Waals surface area (Å²) in [5.41, 5.74) is 3.95. The van der Waals surface area contributed by atoms with E-state index in [4.69, 9.17) is 0 Å². The van der Waals surface area contributed by atoms with Gasteiger partial charge in [-0.25, -0.2) is 8.78 Å². The van der Waals surface area contributed by atoms with E-state index in [1.807, 2.05) is 18.2 Å². The summed E-state index contributed by atoms with van der Waals surface area (Å²) in [5.74, 6) is -0.729. The third-order valence-electron chi connectivity index (χ3n) is 4.23. The molecule has 0 bridgehead atoms. The standard InChI is InChI=1S/C18H19F2N/c1-3-21-18-7-5-12-9-13(4-6-14(12)18)15-10-16(19)11(2)8-17(15)20/h4,6,8-10,18,21H,3,5,7H2,1-2H3. The Labute approximate surface area is 124 Å². The SMILES string of the molecule is CCNC1CCc2cc(-c3cc(F)c(C)cc3F)ccc21. The van der Waals surface area contributed by atoms with Crippen molar-refractivity contribution in [1.82, 2.24) is 5.32 Å². The van der Waals surface area contributed by atoms with Gasteiger partial charge in [0.25, 0.3) is 0 Å². The summed E-state index contributed by atoms with van der Waals surface area (Å²) in [4.78, 5) is 0. The summed E-state index contributed by atoms with van der Waals surface area (Å²) in [6.07, 6.45) is 2.05. The number of halogens is 2. The molecule has 3 rings (SSSR count). The predicted molar refractivity (Wildman–Crippen MR) is 81.3 cm³/mol. The maximum atomic E-state index is 14.1. The van der Waals surface area contributed by atoms with Crippen LogP contribution in [0.25, 0.3) is 11.1 Å². The number of benzene rings is 2. The fourth-order valence-electron chi connectivity index (χ4n) is 3.11. The molecular formula is C18H19F2N. The molecule has 0 radical (unpaired) electrons. The summed E-state index contributed by atoms with van der Waals surface area (Å²) in [5, 5.41) is 3.45. The molecular weight excluding hydrogens is 268 g/mol. The van der Waals surface area contributed by atoms with Crippen molar-refractivity contribution in [2.75, 3.05) is 6.54 Å². The van der Waals surface area contributed by atoms with E-state index >= 15 is 0 Å². The monoisotopic (exact) mass is 287 g/mol. The van der Waals surface area contributed by atoms with E-state index in [1.165, 1.54) is 23.3 Å². The average Bonchev–Trinajstić information content (AvgIpc) is 2.86. The lowest BCUT2D eigenvalue weighted by Gasteiger charge is -2.13. The van der Waals surface area contributed by atoms with E-state index in [9.17, 15) is 8.78 Å². The van der Waals surface area contributed by atoms with E-state index in [0.29, 0.717) is 17.2 Å². The van der Waals surface area contributed by atoms with Crippen molar-refractivity contribution in [3.05, 3.63) is 58.7 Å². The van der Waals surface area contributed by atoms with Crippen LogP contribution in [0.2, 0.25) is 0 Å². The summed E-state index contributed by atoms with van der Waals surface area (Å²) < 4.78 is 27.8. The molecule has 1 aliphatic rings. The number of nitrogens with one attached hydrogen (secondary N) is 1. The van der Waals surface area contributed by atoms with Gasteiger partial charge in [0.05, 0.1) is 0 Å². The molecule has 0 saturated carbocycles. The Bertz CT molecular complexity index is 679. The molecule has 2 aromatic rings. The highest BCUT2D eigenvalue weighted by Crippen LogP contribution is 2.35. The normalized spacial score (nSPS) is 17.0. The molecule has 3 heteroatoms. The number of hydrogen-bond donors (Lipinski definition) is 1. The number of fused-ring (bicyclic) bond motifs is 1. The minimum Gasteiger partial charge on any atom is -0.310 e. The minimum atomic E-state index is -0.366. The Morgan fingerprint density at radius 2 is 1.95 bits per heavy atom. The van der Waals surface area contributed by atoms with Crippen LogP contribution >= 0.6 is 0 Å². The van der Waals surface area contributed by atoms with Gasteiger partial charge in [0.2, 0.25) is 0 Å². The molecule has 0 fully saturated rings. The largest absolute Gasteiger partial charge is 0.310 e. The van der Waals surface area contributed by atoms with Crippen molar-refractivity contribution in [3.8, 4) is 11.1 Å². The zero-order chi connectivity index (χ0) is 15.0. The molecule has 2 aromatic carbocycles. The van der Waals surface area contributed by atoms with Crippen molar-refractivity contribution in [2.45, 2.75) is 32.7 Å². The predicted octanol–water partition coefficient (Wildman–Crippen LogP) is 4.54. The molecule has 1 aliphatic carbocycles. The van der Waals surface area contributed by atoms with Crippen LogP contribution < -0.4 is 5.32 Å². The number of aryl methyl sites for hydroxylation is 2. The molecule has 1 unspecified atom stereocenters. The van der Waals surface area contributed by atoms with Crippen LogP contribution in [0.3, 0.4) is 0 Å². The van der Waals surface area contributed by atoms with Crippen LogP contribution in [0.4, 0.5) is 8.78 Å². The zero-order valence-electron chi connectivity index (χ0n) is 12.3. The van der Waals surface area contributed by atoms with E-state index in [0.717, 1.165) is 24.9 Å². The van der Waals surface area contributed by atoms with Gasteiger partial charge >= 0.3 is 0 Å². The van der Waals surface area contributed by atoms with Gasteiger partial charge in [0, 0.05) is 11.6 Å². The van der Waals surface area contributed by atoms with E-state index in [2.05, 4.69) is 12.2 Å². The van der Waals surface area contributed by atoms with Crippen molar-refractivity contribution < 1.29 is 8.78 Å². The van der Waals surface area contributed by atoms with Gasteiger partial charge in [-0.2, -0.15) is 0 Å². The lowest BCUT2D eigenvalue weighted by molar-refractivity contribution is 0.549. The van der Waals surface area contributed by atoms with Gasteiger partial charge in [0.1, 0.15) is 11.6 Å². The highest BCUT2D eigenvalue weighted by Gasteiger charge is 2.22. The molecule has 21 heavy (non-hydrogen) atoms. The van der Waals surface area contributed by atoms with Crippen molar-refractivity contribution in [3.63, 3.8) is 0 Å². The van der Waals surface area contributed by atoms with Gasteiger partial charge in [-0.1, -0.05) is 25.1 Å². The highest BCUT2D eigenvalue weighted by atomic mass is 19.1. The van der Waals surface area contributed by atoms with Crippen molar-refractivity contribution >= 4 is 0 Å². The van der Waals surface area contributed by atoms with E-state index < -0.39 is 0 Å². The topological polar surface area (TPSA) is 12.0 Å². The minimum absolute atomic E-state index is 0.338. The Balaban J connectivity index is 2.01. The van der Waals surface area contributed by atoms with Crippen LogP contribution in [-0.2, 0) is 6.42 Å². The van der Waals surface area contributed by atoms with Gasteiger partial charge in [-0.05, 0) is 60.7 Å². The molecule has 1 atom stereocenters. The quantitative estimate of drug-likeness (QED) is 0.874. The van der Waals surface area contributed by atoms with Crippen LogP contribution in [0, 0.1) is 18.6 Å². The molecule has 0 heterocycles. The first-order chi connectivity index (χ1) is 10.1. The lowest BCUT2D eigenvalue weighted by Crippen LogP contribution is -2.18. The van der Waals surface area contributed by atoms with Gasteiger partial charge in [-0.15, -0.1) is 0 Å². The Morgan fingerprint density at radius 3 is 2.71 bits per heavy atom. The fourth-order valence-corrected chi connectivity index (χ4v) is 3.11. The van der Waals surface area contributed by atoms with Crippen molar-refractivity contribution in [2.24, 2.45) is 0 Å². The smallest absolute Gasteiger partial charge is 0.131 e. The van der Waals surface area contributed by atoms with Crippen LogP contribution in [0.5, 0.6) is 0 Å². The summed E-state index contributed by atoms with van der Waals surface area (Å²) >= 11 is 0. The van der Waals surface area contributed by atoms with Crippen LogP contribution in [0.15, 0.2) is 30.3 Å². The summed E-state index contributed by atoms with van der Waals surface area (Å²) in [6, 6.07) is 8.88. The zero-order valence-corrected chi connectivity index (χ0v) is 12.3. The maximum Gasteiger partial charge on any atom is 0.131 e. The third kappa shape index (κ3) is 2.58. The maximum absolute atomic E-state index is 14.1. The molecule has 0 aromatic heterocycles. The molecule has 0 spiro atoms. The van der Waals surface area contributed by atoms with Gasteiger partial charge < -0.3 is 5.32 Å². The first kappa shape index (κ1) is 14.2. The second-order valence-corrected chi connectivity index (χ2v) is 5.64.